The van der Waals surface area contributed by atoms with E-state index in [1.807, 2.05) is 6.07 Å². The molecule has 0 aliphatic heterocycles. The van der Waals surface area contributed by atoms with Crippen molar-refractivity contribution in [1.82, 2.24) is 0 Å². The Bertz CT molecular complexity index is 314. The summed E-state index contributed by atoms with van der Waals surface area (Å²) in [5, 5.41) is 0.833. The Balaban J connectivity index is 3.09. The van der Waals surface area contributed by atoms with Crippen LogP contribution in [-0.4, -0.2) is 11.1 Å². The van der Waals surface area contributed by atoms with Crippen molar-refractivity contribution in [3.8, 4) is 0 Å². The molecule has 1 aromatic carbocycles. The number of benzene rings is 1. The molecule has 0 fully saturated rings. The maximum absolute atomic E-state index is 11.2. The van der Waals surface area contributed by atoms with Crippen molar-refractivity contribution < 1.29 is 4.79 Å². The van der Waals surface area contributed by atoms with Crippen LogP contribution < -0.4 is 0 Å². The van der Waals surface area contributed by atoms with Crippen LogP contribution in [0.15, 0.2) is 18.2 Å². The second kappa shape index (κ2) is 4.58. The predicted molar refractivity (Wildman–Crippen MR) is 62.3 cm³/mol. The molecule has 12 heavy (non-hydrogen) atoms. The number of rotatable bonds is 2. The molecule has 0 aliphatic rings. The minimum atomic E-state index is 0.0106. The largest absolute Gasteiger partial charge is 0.293 e. The Morgan fingerprint density at radius 2 is 2.25 bits per heavy atom. The Labute approximate surface area is 97.8 Å². The second-order valence-corrected chi connectivity index (χ2v) is 4.39. The standard InChI is InChI=1S/C8H5BrClIO/c9-4-8(12)6-2-1-5(11)3-7(6)10/h1-3H,4H2. The van der Waals surface area contributed by atoms with Gasteiger partial charge in [-0.25, -0.2) is 0 Å². The van der Waals surface area contributed by atoms with Gasteiger partial charge < -0.3 is 0 Å². The van der Waals surface area contributed by atoms with Crippen LogP contribution in [0.5, 0.6) is 0 Å². The third-order valence-corrected chi connectivity index (χ3v) is 2.85. The highest BCUT2D eigenvalue weighted by Gasteiger charge is 2.08. The average molecular weight is 359 g/mol. The SMILES string of the molecule is O=C(CBr)c1ccc(I)cc1Cl. The Morgan fingerprint density at radius 3 is 2.75 bits per heavy atom. The molecule has 0 amide bonds. The summed E-state index contributed by atoms with van der Waals surface area (Å²) >= 11 is 11.1. The minimum Gasteiger partial charge on any atom is -0.293 e. The quantitative estimate of drug-likeness (QED) is 0.449. The molecule has 0 bridgehead atoms. The van der Waals surface area contributed by atoms with E-state index in [1.54, 1.807) is 12.1 Å². The van der Waals surface area contributed by atoms with Gasteiger partial charge in [-0.3, -0.25) is 4.79 Å². The highest BCUT2D eigenvalue weighted by atomic mass is 127. The van der Waals surface area contributed by atoms with Crippen molar-refractivity contribution in [2.75, 3.05) is 5.33 Å². The molecular formula is C8H5BrClIO. The Hall–Kier alpha value is 0.390. The van der Waals surface area contributed by atoms with E-state index < -0.39 is 0 Å². The van der Waals surface area contributed by atoms with E-state index in [0.717, 1.165) is 3.57 Å². The molecule has 0 saturated heterocycles. The fraction of sp³-hybridized carbons (Fsp3) is 0.125. The number of carbonyl (C=O) groups excluding carboxylic acids is 1. The van der Waals surface area contributed by atoms with Crippen LogP contribution in [-0.2, 0) is 0 Å². The molecule has 0 radical (unpaired) electrons. The predicted octanol–water partition coefficient (Wildman–Crippen LogP) is 3.52. The summed E-state index contributed by atoms with van der Waals surface area (Å²) < 4.78 is 1.03. The number of hydrogen-bond donors (Lipinski definition) is 0. The van der Waals surface area contributed by atoms with Crippen molar-refractivity contribution in [3.63, 3.8) is 0 Å². The number of ketones is 1. The van der Waals surface area contributed by atoms with E-state index in [4.69, 9.17) is 11.6 Å². The Kier molecular flexibility index (Phi) is 3.99. The number of halogens is 3. The van der Waals surface area contributed by atoms with Gasteiger partial charge in [0.1, 0.15) is 0 Å². The normalized spacial score (nSPS) is 9.92. The number of hydrogen-bond acceptors (Lipinski definition) is 1. The van der Waals surface area contributed by atoms with Crippen molar-refractivity contribution in [2.24, 2.45) is 0 Å². The molecule has 0 spiro atoms. The van der Waals surface area contributed by atoms with Crippen molar-refractivity contribution in [2.45, 2.75) is 0 Å². The van der Waals surface area contributed by atoms with Crippen LogP contribution in [0, 0.1) is 3.57 Å². The molecular weight excluding hydrogens is 354 g/mol. The van der Waals surface area contributed by atoms with Crippen LogP contribution in [0.1, 0.15) is 10.4 Å². The molecule has 1 rings (SSSR count). The summed E-state index contributed by atoms with van der Waals surface area (Å²) in [7, 11) is 0. The van der Waals surface area contributed by atoms with Gasteiger partial charge in [-0.15, -0.1) is 0 Å². The molecule has 0 aliphatic carbocycles. The van der Waals surface area contributed by atoms with Crippen LogP contribution in [0.3, 0.4) is 0 Å². The maximum Gasteiger partial charge on any atom is 0.174 e. The topological polar surface area (TPSA) is 17.1 Å². The van der Waals surface area contributed by atoms with E-state index in [2.05, 4.69) is 38.5 Å². The zero-order valence-corrected chi connectivity index (χ0v) is 10.5. The van der Waals surface area contributed by atoms with Crippen LogP contribution >= 0.6 is 50.1 Å². The van der Waals surface area contributed by atoms with Gasteiger partial charge in [0, 0.05) is 9.13 Å². The highest BCUT2D eigenvalue weighted by molar-refractivity contribution is 14.1. The van der Waals surface area contributed by atoms with E-state index in [1.165, 1.54) is 0 Å². The summed E-state index contributed by atoms with van der Waals surface area (Å²) in [6.07, 6.45) is 0. The lowest BCUT2D eigenvalue weighted by atomic mass is 10.1. The first-order valence-electron chi connectivity index (χ1n) is 3.19. The Morgan fingerprint density at radius 1 is 1.58 bits per heavy atom. The smallest absolute Gasteiger partial charge is 0.174 e. The monoisotopic (exact) mass is 358 g/mol. The van der Waals surface area contributed by atoms with Gasteiger partial charge in [0.15, 0.2) is 5.78 Å². The van der Waals surface area contributed by atoms with Crippen molar-refractivity contribution in [3.05, 3.63) is 32.4 Å². The van der Waals surface area contributed by atoms with Gasteiger partial charge in [0.2, 0.25) is 0 Å². The molecule has 0 N–H and O–H groups in total. The fourth-order valence-electron chi connectivity index (χ4n) is 0.788. The number of alkyl halides is 1. The molecule has 1 aromatic rings. The van der Waals surface area contributed by atoms with Gasteiger partial charge in [-0.05, 0) is 40.8 Å². The molecule has 4 heteroatoms. The van der Waals surface area contributed by atoms with E-state index in [0.29, 0.717) is 15.9 Å². The molecule has 0 aromatic heterocycles. The van der Waals surface area contributed by atoms with Crippen molar-refractivity contribution >= 4 is 55.9 Å². The highest BCUT2D eigenvalue weighted by Crippen LogP contribution is 2.19. The van der Waals surface area contributed by atoms with Gasteiger partial charge in [0.25, 0.3) is 0 Å². The molecule has 0 unspecified atom stereocenters. The zero-order valence-electron chi connectivity index (χ0n) is 5.98. The molecule has 0 saturated carbocycles. The average Bonchev–Trinajstić information content (AvgIpc) is 2.03. The second-order valence-electron chi connectivity index (χ2n) is 2.18. The molecule has 0 heterocycles. The van der Waals surface area contributed by atoms with Crippen LogP contribution in [0.25, 0.3) is 0 Å². The van der Waals surface area contributed by atoms with Gasteiger partial charge in [-0.2, -0.15) is 0 Å². The summed E-state index contributed by atoms with van der Waals surface area (Å²) in [4.78, 5) is 11.2. The fourth-order valence-corrected chi connectivity index (χ4v) is 2.05. The summed E-state index contributed by atoms with van der Waals surface area (Å²) in [5.41, 5.74) is 0.578. The third kappa shape index (κ3) is 2.44. The van der Waals surface area contributed by atoms with E-state index >= 15 is 0 Å². The minimum absolute atomic E-state index is 0.0106. The lowest BCUT2D eigenvalue weighted by molar-refractivity contribution is 0.102. The lowest BCUT2D eigenvalue weighted by Crippen LogP contribution is -2.00. The van der Waals surface area contributed by atoms with E-state index in [-0.39, 0.29) is 5.78 Å². The zero-order chi connectivity index (χ0) is 9.14. The lowest BCUT2D eigenvalue weighted by Gasteiger charge is -2.00. The van der Waals surface area contributed by atoms with Gasteiger partial charge >= 0.3 is 0 Å². The first kappa shape index (κ1) is 10.5. The van der Waals surface area contributed by atoms with E-state index in [9.17, 15) is 4.79 Å². The first-order chi connectivity index (χ1) is 5.65. The summed E-state index contributed by atoms with van der Waals surface area (Å²) in [6, 6.07) is 5.38. The molecule has 64 valence electrons. The third-order valence-electron chi connectivity index (χ3n) is 1.35. The van der Waals surface area contributed by atoms with Crippen LogP contribution in [0.2, 0.25) is 5.02 Å². The molecule has 1 nitrogen and oxygen atoms in total. The van der Waals surface area contributed by atoms with Crippen LogP contribution in [0.4, 0.5) is 0 Å². The summed E-state index contributed by atoms with van der Waals surface area (Å²) in [6.45, 7) is 0. The number of carbonyl (C=O) groups is 1. The van der Waals surface area contributed by atoms with Crippen molar-refractivity contribution in [1.29, 1.82) is 0 Å². The maximum atomic E-state index is 11.2. The summed E-state index contributed by atoms with van der Waals surface area (Å²) in [5.74, 6) is 0.0106. The molecule has 0 atom stereocenters. The first-order valence-corrected chi connectivity index (χ1v) is 5.77. The van der Waals surface area contributed by atoms with Gasteiger partial charge in [0.05, 0.1) is 10.4 Å². The number of Topliss-reactive ketones (excluding diaryl/α,β-unsaturated/α-hetero) is 1. The van der Waals surface area contributed by atoms with Gasteiger partial charge in [-0.1, -0.05) is 27.5 Å².